The molecule has 10 rings (SSSR count). The Bertz CT molecular complexity index is 2810. The quantitative estimate of drug-likeness (QED) is 0.143. The summed E-state index contributed by atoms with van der Waals surface area (Å²) in [6.45, 7) is 5.75. The fourth-order valence-electron chi connectivity index (χ4n) is 9.28. The molecule has 1 saturated carbocycles. The molecule has 1 aliphatic carbocycles. The van der Waals surface area contributed by atoms with Gasteiger partial charge in [-0.1, -0.05) is 31.4 Å². The van der Waals surface area contributed by atoms with E-state index in [9.17, 15) is 26.3 Å². The van der Waals surface area contributed by atoms with Crippen molar-refractivity contribution >= 4 is 57.9 Å². The summed E-state index contributed by atoms with van der Waals surface area (Å²) in [5.41, 5.74) is 4.85. The van der Waals surface area contributed by atoms with Gasteiger partial charge in [0.2, 0.25) is 11.9 Å². The second kappa shape index (κ2) is 17.6. The fourth-order valence-corrected chi connectivity index (χ4v) is 9.28. The molecule has 2 aromatic heterocycles. The molecule has 4 aliphatic heterocycles. The van der Waals surface area contributed by atoms with Crippen LogP contribution in [-0.4, -0.2) is 51.4 Å². The van der Waals surface area contributed by atoms with E-state index in [4.69, 9.17) is 9.98 Å². The maximum atomic E-state index is 14.2. The van der Waals surface area contributed by atoms with Gasteiger partial charge in [0.1, 0.15) is 11.6 Å². The van der Waals surface area contributed by atoms with Crippen LogP contribution in [0, 0.1) is 13.8 Å². The summed E-state index contributed by atoms with van der Waals surface area (Å²) in [5.74, 6) is 1.11. The van der Waals surface area contributed by atoms with Gasteiger partial charge < -0.3 is 15.5 Å². The van der Waals surface area contributed by atoms with Crippen LogP contribution in [0.25, 0.3) is 5.70 Å². The van der Waals surface area contributed by atoms with Crippen LogP contribution in [-0.2, 0) is 12.4 Å². The zero-order valence-corrected chi connectivity index (χ0v) is 36.8. The standard InChI is InChI=1S/C51H46F6N10/c1-30-15-17-58-45(21-30)60-41-25-33(32-9-5-3-6-10-32)11-13-39(41)43-28-38-29-44(40-14-12-37(66-19-7-4-8-20-66)27-42(40)61-46-22-31(2)16-18-59-46)63-49-65-47(64-48(62-43)67(38)49)34-23-35(50(52,53)54)26-36(24-34)51(55,56)57/h11-18,21-29,32H,3-10,19-20H2,1-2H3,(H,58,60)(H,59,61). The van der Waals surface area contributed by atoms with E-state index in [2.05, 4.69) is 53.7 Å². The molecule has 5 aromatic rings. The van der Waals surface area contributed by atoms with Crippen LogP contribution in [0.2, 0.25) is 0 Å². The Balaban J connectivity index is 1.16. The minimum absolute atomic E-state index is 0.0312. The van der Waals surface area contributed by atoms with Gasteiger partial charge in [-0.3, -0.25) is 0 Å². The first kappa shape index (κ1) is 43.8. The fraction of sp³-hybridized carbons (Fsp3) is 0.294. The molecule has 2 N–H and O–H groups in total. The van der Waals surface area contributed by atoms with Crippen LogP contribution in [0.4, 0.5) is 55.0 Å². The molecule has 2 fully saturated rings. The number of piperidine rings is 1. The molecule has 0 amide bonds. The molecule has 3 aromatic carbocycles. The molecule has 0 bridgehead atoms. The Morgan fingerprint density at radius 3 is 1.84 bits per heavy atom. The normalized spacial score (nSPS) is 17.7. The summed E-state index contributed by atoms with van der Waals surface area (Å²) in [6.07, 6.45) is 5.88. The maximum absolute atomic E-state index is 14.2. The van der Waals surface area contributed by atoms with Crippen molar-refractivity contribution in [2.24, 2.45) is 20.0 Å². The van der Waals surface area contributed by atoms with Gasteiger partial charge in [0.05, 0.1) is 33.9 Å². The highest BCUT2D eigenvalue weighted by Crippen LogP contribution is 2.41. The number of aromatic nitrogens is 2. The molecule has 16 heteroatoms. The number of guanidine groups is 2. The predicted octanol–water partition coefficient (Wildman–Crippen LogP) is 12.9. The smallest absolute Gasteiger partial charge is 0.371 e. The first-order chi connectivity index (χ1) is 32.2. The molecule has 67 heavy (non-hydrogen) atoms. The minimum atomic E-state index is -5.09. The summed E-state index contributed by atoms with van der Waals surface area (Å²) in [7, 11) is 0. The number of aliphatic imine (C=N–C) groups is 4. The summed E-state index contributed by atoms with van der Waals surface area (Å²) in [5, 5.41) is 7.03. The Hall–Kier alpha value is -7.10. The van der Waals surface area contributed by atoms with E-state index in [-0.39, 0.29) is 18.0 Å². The van der Waals surface area contributed by atoms with E-state index >= 15 is 0 Å². The molecule has 342 valence electrons. The highest BCUT2D eigenvalue weighted by molar-refractivity contribution is 6.27. The molecule has 0 spiro atoms. The van der Waals surface area contributed by atoms with Crippen molar-refractivity contribution in [1.82, 2.24) is 14.9 Å². The minimum Gasteiger partial charge on any atom is -0.371 e. The number of hydrogen-bond acceptors (Lipinski definition) is 10. The number of allylic oxidation sites excluding steroid dienone is 2. The summed E-state index contributed by atoms with van der Waals surface area (Å²) < 4.78 is 85.5. The van der Waals surface area contributed by atoms with Crippen molar-refractivity contribution in [3.8, 4) is 0 Å². The third kappa shape index (κ3) is 9.34. The number of aryl methyl sites for hydroxylation is 2. The van der Waals surface area contributed by atoms with Gasteiger partial charge in [-0.2, -0.15) is 36.3 Å². The van der Waals surface area contributed by atoms with Crippen molar-refractivity contribution in [2.45, 2.75) is 83.5 Å². The lowest BCUT2D eigenvalue weighted by molar-refractivity contribution is -0.143. The van der Waals surface area contributed by atoms with Crippen LogP contribution in [0.3, 0.4) is 0 Å². The lowest BCUT2D eigenvalue weighted by Crippen LogP contribution is -2.42. The monoisotopic (exact) mass is 912 g/mol. The Labute approximate surface area is 383 Å². The summed E-state index contributed by atoms with van der Waals surface area (Å²) >= 11 is 0. The molecule has 5 aliphatic rings. The van der Waals surface area contributed by atoms with Crippen LogP contribution in [0.1, 0.15) is 102 Å². The molecule has 0 radical (unpaired) electrons. The third-order valence-electron chi connectivity index (χ3n) is 12.7. The van der Waals surface area contributed by atoms with Gasteiger partial charge in [0, 0.05) is 53.5 Å². The molecular weight excluding hydrogens is 867 g/mol. The molecule has 1 saturated heterocycles. The second-order valence-electron chi connectivity index (χ2n) is 17.6. The van der Waals surface area contributed by atoms with Gasteiger partial charge in [-0.05, 0) is 147 Å². The second-order valence-corrected chi connectivity index (χ2v) is 17.6. The van der Waals surface area contributed by atoms with Crippen molar-refractivity contribution in [2.75, 3.05) is 28.6 Å². The van der Waals surface area contributed by atoms with Gasteiger partial charge in [-0.15, -0.1) is 0 Å². The maximum Gasteiger partial charge on any atom is 0.416 e. The Morgan fingerprint density at radius 2 is 1.19 bits per heavy atom. The van der Waals surface area contributed by atoms with Crippen molar-refractivity contribution in [3.05, 3.63) is 154 Å². The van der Waals surface area contributed by atoms with Gasteiger partial charge in [-0.25, -0.2) is 24.9 Å². The molecular formula is C51H46F6N10. The van der Waals surface area contributed by atoms with E-state index in [1.54, 1.807) is 17.3 Å². The van der Waals surface area contributed by atoms with E-state index in [0.717, 1.165) is 80.5 Å². The highest BCUT2D eigenvalue weighted by Gasteiger charge is 2.39. The zero-order chi connectivity index (χ0) is 46.5. The number of benzene rings is 3. The SMILES string of the molecule is Cc1ccnc(Nc2cc(N3CCCCC3)ccc2C2=CC3=CC(c4ccc(C5CCCCC5)cc4Nc4cc(C)ccn4)=NC4=NC(c5cc(C(F)(F)F)cc(C(F)(F)F)c5)=NC(=N2)N34)c1. The number of hydrogen-bond donors (Lipinski definition) is 2. The summed E-state index contributed by atoms with van der Waals surface area (Å²) in [4.78, 5) is 32.2. The van der Waals surface area contributed by atoms with Gasteiger partial charge >= 0.3 is 12.4 Å². The molecule has 0 atom stereocenters. The average molecular weight is 913 g/mol. The first-order valence-corrected chi connectivity index (χ1v) is 22.5. The van der Waals surface area contributed by atoms with Crippen molar-refractivity contribution < 1.29 is 26.3 Å². The predicted molar refractivity (Wildman–Crippen MR) is 252 cm³/mol. The average Bonchev–Trinajstić information content (AvgIpc) is 3.31. The van der Waals surface area contributed by atoms with Crippen LogP contribution in [0.15, 0.2) is 129 Å². The third-order valence-corrected chi connectivity index (χ3v) is 12.7. The molecule has 6 heterocycles. The van der Waals surface area contributed by atoms with Crippen LogP contribution < -0.4 is 15.5 Å². The number of alkyl halides is 6. The van der Waals surface area contributed by atoms with E-state index in [0.29, 0.717) is 63.6 Å². The highest BCUT2D eigenvalue weighted by atomic mass is 19.4. The lowest BCUT2D eigenvalue weighted by atomic mass is 9.83. The van der Waals surface area contributed by atoms with Gasteiger partial charge in [0.15, 0.2) is 5.84 Å². The molecule has 10 nitrogen and oxygen atoms in total. The van der Waals surface area contributed by atoms with Gasteiger partial charge in [0.25, 0.3) is 0 Å². The van der Waals surface area contributed by atoms with E-state index < -0.39 is 34.9 Å². The summed E-state index contributed by atoms with van der Waals surface area (Å²) in [6, 6.07) is 21.2. The van der Waals surface area contributed by atoms with Crippen LogP contribution >= 0.6 is 0 Å². The number of pyridine rings is 2. The van der Waals surface area contributed by atoms with Crippen molar-refractivity contribution in [1.29, 1.82) is 0 Å². The van der Waals surface area contributed by atoms with Crippen LogP contribution in [0.5, 0.6) is 0 Å². The lowest BCUT2D eigenvalue weighted by Gasteiger charge is -2.33. The van der Waals surface area contributed by atoms with Crippen molar-refractivity contribution in [3.63, 3.8) is 0 Å². The number of nitrogens with one attached hydrogen (secondary N) is 2. The van der Waals surface area contributed by atoms with E-state index in [1.807, 2.05) is 68.5 Å². The number of rotatable bonds is 9. The van der Waals surface area contributed by atoms with E-state index in [1.165, 1.54) is 12.0 Å². The molecule has 0 unspecified atom stereocenters. The zero-order valence-electron chi connectivity index (χ0n) is 36.8. The Morgan fingerprint density at radius 1 is 0.582 bits per heavy atom. The number of nitrogens with zero attached hydrogens (tertiary/aromatic N) is 8. The number of anilines is 5. The number of amidine groups is 1. The first-order valence-electron chi connectivity index (χ1n) is 22.5. The largest absolute Gasteiger partial charge is 0.416 e. The topological polar surface area (TPSA) is 106 Å². The Kier molecular flexibility index (Phi) is 11.5. The number of halogens is 6.